The summed E-state index contributed by atoms with van der Waals surface area (Å²) in [5.41, 5.74) is 2.81. The molecule has 0 aliphatic heterocycles. The molecule has 0 aliphatic rings. The Morgan fingerprint density at radius 1 is 0.649 bits per heavy atom. The SMILES string of the molecule is COc1ccc(N(CCc2nnc(Nc3ccccc3)o2)CCc2nnc(Nc3ccccc3)o2)cc1. The highest BCUT2D eigenvalue weighted by Crippen LogP contribution is 2.21. The summed E-state index contributed by atoms with van der Waals surface area (Å²) in [6.07, 6.45) is 1.14. The van der Waals surface area contributed by atoms with Crippen molar-refractivity contribution < 1.29 is 13.6 Å². The summed E-state index contributed by atoms with van der Waals surface area (Å²) in [5, 5.41) is 22.9. The maximum Gasteiger partial charge on any atom is 0.320 e. The van der Waals surface area contributed by atoms with Gasteiger partial charge in [-0.3, -0.25) is 0 Å². The van der Waals surface area contributed by atoms with E-state index in [2.05, 4.69) is 35.9 Å². The molecule has 0 bridgehead atoms. The van der Waals surface area contributed by atoms with Gasteiger partial charge in [-0.25, -0.2) is 0 Å². The number of nitrogens with one attached hydrogen (secondary N) is 2. The predicted octanol–water partition coefficient (Wildman–Crippen LogP) is 5.24. The van der Waals surface area contributed by atoms with Gasteiger partial charge in [0.05, 0.1) is 7.11 Å². The predicted molar refractivity (Wildman–Crippen MR) is 141 cm³/mol. The minimum Gasteiger partial charge on any atom is -0.497 e. The van der Waals surface area contributed by atoms with Gasteiger partial charge in [-0.2, -0.15) is 0 Å². The lowest BCUT2D eigenvalue weighted by Crippen LogP contribution is -2.28. The van der Waals surface area contributed by atoms with Crippen molar-refractivity contribution in [2.75, 3.05) is 35.7 Å². The summed E-state index contributed by atoms with van der Waals surface area (Å²) in [4.78, 5) is 2.21. The van der Waals surface area contributed by atoms with Crippen molar-refractivity contribution in [3.8, 4) is 5.75 Å². The highest BCUT2D eigenvalue weighted by molar-refractivity contribution is 5.52. The van der Waals surface area contributed by atoms with E-state index in [0.717, 1.165) is 22.8 Å². The summed E-state index contributed by atoms with van der Waals surface area (Å²) >= 11 is 0. The molecule has 2 N–H and O–H groups in total. The fourth-order valence-corrected chi connectivity index (χ4v) is 3.72. The third-order valence-electron chi connectivity index (χ3n) is 5.61. The molecule has 37 heavy (non-hydrogen) atoms. The average Bonchev–Trinajstić information content (AvgIpc) is 3.59. The highest BCUT2D eigenvalue weighted by Gasteiger charge is 2.14. The molecule has 3 aromatic carbocycles. The molecular formula is C27H27N7O3. The van der Waals surface area contributed by atoms with E-state index in [1.807, 2.05) is 84.9 Å². The molecule has 0 fully saturated rings. The van der Waals surface area contributed by atoms with Crippen LogP contribution in [0.25, 0.3) is 0 Å². The standard InChI is InChI=1S/C27H27N7O3/c1-35-23-14-12-22(13-15-23)34(18-16-24-30-32-26(36-24)28-20-8-4-2-5-9-20)19-17-25-31-33-27(37-25)29-21-10-6-3-7-11-21/h2-15H,16-19H2,1H3,(H,28,32)(H,29,33). The number of aromatic nitrogens is 4. The normalized spacial score (nSPS) is 10.7. The smallest absolute Gasteiger partial charge is 0.320 e. The molecule has 0 atom stereocenters. The van der Waals surface area contributed by atoms with E-state index >= 15 is 0 Å². The molecular weight excluding hydrogens is 470 g/mol. The topological polar surface area (TPSA) is 114 Å². The molecule has 2 aromatic heterocycles. The number of para-hydroxylation sites is 2. The number of benzene rings is 3. The van der Waals surface area contributed by atoms with Gasteiger partial charge in [0.1, 0.15) is 5.75 Å². The van der Waals surface area contributed by atoms with Crippen LogP contribution < -0.4 is 20.3 Å². The average molecular weight is 498 g/mol. The van der Waals surface area contributed by atoms with Crippen LogP contribution in [0, 0.1) is 0 Å². The molecule has 5 rings (SSSR count). The Kier molecular flexibility index (Phi) is 7.56. The Balaban J connectivity index is 1.22. The van der Waals surface area contributed by atoms with Gasteiger partial charge in [0.2, 0.25) is 11.8 Å². The number of anilines is 5. The van der Waals surface area contributed by atoms with Gasteiger partial charge in [0.25, 0.3) is 0 Å². The van der Waals surface area contributed by atoms with Crippen molar-refractivity contribution in [2.24, 2.45) is 0 Å². The Hall–Kier alpha value is -4.86. The van der Waals surface area contributed by atoms with Gasteiger partial charge in [-0.05, 0) is 48.5 Å². The Labute approximate surface area is 214 Å². The van der Waals surface area contributed by atoms with Crippen LogP contribution in [0.3, 0.4) is 0 Å². The number of ether oxygens (including phenoxy) is 1. The van der Waals surface area contributed by atoms with E-state index in [9.17, 15) is 0 Å². The Morgan fingerprint density at radius 2 is 1.14 bits per heavy atom. The lowest BCUT2D eigenvalue weighted by molar-refractivity contribution is 0.415. The molecule has 0 spiro atoms. The molecule has 188 valence electrons. The van der Waals surface area contributed by atoms with Crippen molar-refractivity contribution in [1.29, 1.82) is 0 Å². The second kappa shape index (κ2) is 11.7. The zero-order chi connectivity index (χ0) is 25.3. The summed E-state index contributed by atoms with van der Waals surface area (Å²) < 4.78 is 16.9. The van der Waals surface area contributed by atoms with Crippen LogP contribution in [0.1, 0.15) is 11.8 Å². The third kappa shape index (κ3) is 6.63. The number of nitrogens with zero attached hydrogens (tertiary/aromatic N) is 5. The lowest BCUT2D eigenvalue weighted by atomic mass is 10.2. The van der Waals surface area contributed by atoms with Crippen LogP contribution in [0.4, 0.5) is 29.1 Å². The minimum atomic E-state index is 0.363. The minimum absolute atomic E-state index is 0.363. The van der Waals surface area contributed by atoms with Crippen LogP contribution in [-0.4, -0.2) is 40.6 Å². The largest absolute Gasteiger partial charge is 0.497 e. The van der Waals surface area contributed by atoms with Gasteiger partial charge in [0.15, 0.2) is 0 Å². The first-order chi connectivity index (χ1) is 18.2. The van der Waals surface area contributed by atoms with Gasteiger partial charge in [-0.1, -0.05) is 46.6 Å². The first kappa shape index (κ1) is 23.9. The van der Waals surface area contributed by atoms with Crippen LogP contribution in [0.2, 0.25) is 0 Å². The molecule has 0 unspecified atom stereocenters. The molecule has 0 saturated heterocycles. The number of hydrogen-bond donors (Lipinski definition) is 2. The second-order valence-electron chi connectivity index (χ2n) is 8.17. The van der Waals surface area contributed by atoms with Gasteiger partial charge in [-0.15, -0.1) is 10.2 Å². The zero-order valence-corrected chi connectivity index (χ0v) is 20.4. The van der Waals surface area contributed by atoms with E-state index < -0.39 is 0 Å². The van der Waals surface area contributed by atoms with Crippen LogP contribution in [0.5, 0.6) is 5.75 Å². The molecule has 10 nitrogen and oxygen atoms in total. The van der Waals surface area contributed by atoms with E-state index in [1.54, 1.807) is 7.11 Å². The zero-order valence-electron chi connectivity index (χ0n) is 20.4. The molecule has 10 heteroatoms. The maximum absolute atomic E-state index is 5.80. The van der Waals surface area contributed by atoms with E-state index in [4.69, 9.17) is 13.6 Å². The molecule has 0 saturated carbocycles. The van der Waals surface area contributed by atoms with Crippen LogP contribution in [-0.2, 0) is 12.8 Å². The first-order valence-corrected chi connectivity index (χ1v) is 11.9. The summed E-state index contributed by atoms with van der Waals surface area (Å²) in [5.74, 6) is 1.89. The fraction of sp³-hybridized carbons (Fsp3) is 0.185. The van der Waals surface area contributed by atoms with E-state index in [-0.39, 0.29) is 0 Å². The van der Waals surface area contributed by atoms with E-state index in [0.29, 0.717) is 49.7 Å². The van der Waals surface area contributed by atoms with Crippen LogP contribution in [0.15, 0.2) is 93.8 Å². The van der Waals surface area contributed by atoms with Gasteiger partial charge < -0.3 is 29.1 Å². The quantitative estimate of drug-likeness (QED) is 0.237. The fourth-order valence-electron chi connectivity index (χ4n) is 3.72. The van der Waals surface area contributed by atoms with Crippen molar-refractivity contribution >= 4 is 29.1 Å². The summed E-state index contributed by atoms with van der Waals surface area (Å²) in [6, 6.07) is 28.1. The molecule has 5 aromatic rings. The van der Waals surface area contributed by atoms with Crippen molar-refractivity contribution in [3.05, 3.63) is 96.7 Å². The Bertz CT molecular complexity index is 1290. The van der Waals surface area contributed by atoms with Crippen molar-refractivity contribution in [1.82, 2.24) is 20.4 Å². The summed E-state index contributed by atoms with van der Waals surface area (Å²) in [6.45, 7) is 1.31. The number of hydrogen-bond acceptors (Lipinski definition) is 10. The van der Waals surface area contributed by atoms with Gasteiger partial charge >= 0.3 is 12.0 Å². The van der Waals surface area contributed by atoms with Crippen molar-refractivity contribution in [3.63, 3.8) is 0 Å². The number of rotatable bonds is 12. The second-order valence-corrected chi connectivity index (χ2v) is 8.17. The molecule has 0 aliphatic carbocycles. The highest BCUT2D eigenvalue weighted by atomic mass is 16.5. The first-order valence-electron chi connectivity index (χ1n) is 11.9. The number of methoxy groups -OCH3 is 1. The maximum atomic E-state index is 5.80. The molecule has 2 heterocycles. The lowest BCUT2D eigenvalue weighted by Gasteiger charge is -2.24. The summed E-state index contributed by atoms with van der Waals surface area (Å²) in [7, 11) is 1.65. The Morgan fingerprint density at radius 3 is 1.59 bits per heavy atom. The third-order valence-corrected chi connectivity index (χ3v) is 5.61. The van der Waals surface area contributed by atoms with Crippen molar-refractivity contribution in [2.45, 2.75) is 12.8 Å². The monoisotopic (exact) mass is 497 g/mol. The van der Waals surface area contributed by atoms with Crippen LogP contribution >= 0.6 is 0 Å². The van der Waals surface area contributed by atoms with Gasteiger partial charge in [0, 0.05) is 43.0 Å². The molecule has 0 radical (unpaired) electrons. The molecule has 0 amide bonds. The van der Waals surface area contributed by atoms with E-state index in [1.165, 1.54) is 0 Å².